The van der Waals surface area contributed by atoms with Crippen LogP contribution in [0.25, 0.3) is 5.57 Å². The molecule has 0 bridgehead atoms. The maximum atomic E-state index is 12.4. The largest absolute Gasteiger partial charge is 0.497 e. The molecule has 0 fully saturated rings. The van der Waals surface area contributed by atoms with Crippen molar-refractivity contribution in [2.75, 3.05) is 20.3 Å². The Bertz CT molecular complexity index is 584. The van der Waals surface area contributed by atoms with Crippen LogP contribution < -0.4 is 4.74 Å². The molecule has 0 atom stereocenters. The van der Waals surface area contributed by atoms with Gasteiger partial charge in [-0.05, 0) is 51.0 Å². The molecule has 1 aromatic rings. The minimum Gasteiger partial charge on any atom is -0.497 e. The molecule has 1 aromatic carbocycles. The number of methoxy groups -OCH3 is 1. The number of hydrogen-bond donors (Lipinski definition) is 0. The molecule has 24 heavy (non-hydrogen) atoms. The summed E-state index contributed by atoms with van der Waals surface area (Å²) < 4.78 is 15.3. The number of rotatable bonds is 8. The zero-order valence-corrected chi connectivity index (χ0v) is 15.0. The second-order valence-electron chi connectivity index (χ2n) is 5.70. The molecule has 132 valence electrons. The van der Waals surface area contributed by atoms with E-state index in [4.69, 9.17) is 14.2 Å². The van der Waals surface area contributed by atoms with E-state index in [9.17, 15) is 9.59 Å². The first-order valence-corrected chi connectivity index (χ1v) is 8.04. The average molecular weight is 334 g/mol. The molecular formula is C19H26O5. The van der Waals surface area contributed by atoms with Crippen LogP contribution in [0.2, 0.25) is 0 Å². The van der Waals surface area contributed by atoms with Gasteiger partial charge in [-0.3, -0.25) is 9.59 Å². The number of carbonyl (C=O) groups is 2. The van der Waals surface area contributed by atoms with Gasteiger partial charge in [-0.1, -0.05) is 18.2 Å². The Kier molecular flexibility index (Phi) is 7.49. The highest BCUT2D eigenvalue weighted by atomic mass is 16.5. The Labute approximate surface area is 143 Å². The molecule has 0 radical (unpaired) electrons. The van der Waals surface area contributed by atoms with Crippen LogP contribution in [0, 0.1) is 5.41 Å². The first-order chi connectivity index (χ1) is 11.4. The maximum Gasteiger partial charge on any atom is 0.315 e. The van der Waals surface area contributed by atoms with Crippen LogP contribution >= 0.6 is 0 Å². The number of hydrogen-bond acceptors (Lipinski definition) is 5. The summed E-state index contributed by atoms with van der Waals surface area (Å²) in [6.07, 6.45) is 1.83. The summed E-state index contributed by atoms with van der Waals surface area (Å²) in [6.45, 7) is 7.72. The molecule has 0 aliphatic rings. The minimum absolute atomic E-state index is 0.0953. The lowest BCUT2D eigenvalue weighted by Gasteiger charge is -2.26. The van der Waals surface area contributed by atoms with E-state index in [2.05, 4.69) is 0 Å². The van der Waals surface area contributed by atoms with Crippen molar-refractivity contribution in [3.63, 3.8) is 0 Å². The fraction of sp³-hybridized carbons (Fsp3) is 0.474. The van der Waals surface area contributed by atoms with Crippen molar-refractivity contribution in [1.29, 1.82) is 0 Å². The summed E-state index contributed by atoms with van der Waals surface area (Å²) in [7, 11) is 1.59. The van der Waals surface area contributed by atoms with E-state index in [0.29, 0.717) is 13.2 Å². The third kappa shape index (κ3) is 5.11. The summed E-state index contributed by atoms with van der Waals surface area (Å²) in [5, 5.41) is 0. The standard InChI is InChI=1S/C19H26O5/c1-6-23-17(20)13-12-16(19(3,4)18(21)24-7-2)14-8-10-15(22-5)11-9-14/h8-12H,6-7,13H2,1-5H3/b16-12-. The molecule has 0 aromatic heterocycles. The minimum atomic E-state index is -0.892. The van der Waals surface area contributed by atoms with E-state index in [1.54, 1.807) is 40.9 Å². The molecule has 0 heterocycles. The van der Waals surface area contributed by atoms with Crippen LogP contribution in [0.15, 0.2) is 30.3 Å². The van der Waals surface area contributed by atoms with Gasteiger partial charge in [0.05, 0.1) is 32.2 Å². The fourth-order valence-electron chi connectivity index (χ4n) is 2.33. The van der Waals surface area contributed by atoms with E-state index < -0.39 is 5.41 Å². The van der Waals surface area contributed by atoms with Crippen molar-refractivity contribution in [2.45, 2.75) is 34.1 Å². The van der Waals surface area contributed by atoms with Gasteiger partial charge in [0.25, 0.3) is 0 Å². The second-order valence-corrected chi connectivity index (χ2v) is 5.70. The molecule has 0 aliphatic heterocycles. The van der Waals surface area contributed by atoms with E-state index >= 15 is 0 Å². The Morgan fingerprint density at radius 3 is 2.12 bits per heavy atom. The molecule has 0 spiro atoms. The highest BCUT2D eigenvalue weighted by molar-refractivity contribution is 5.93. The van der Waals surface area contributed by atoms with Gasteiger partial charge in [0.2, 0.25) is 0 Å². The van der Waals surface area contributed by atoms with Gasteiger partial charge in [-0.25, -0.2) is 0 Å². The summed E-state index contributed by atoms with van der Waals surface area (Å²) in [6, 6.07) is 7.34. The summed E-state index contributed by atoms with van der Waals surface area (Å²) in [5.41, 5.74) is 0.659. The SMILES string of the molecule is CCOC(=O)C/C=C(/c1ccc(OC)cc1)C(C)(C)C(=O)OCC. The lowest BCUT2D eigenvalue weighted by Crippen LogP contribution is -2.28. The molecular weight excluding hydrogens is 308 g/mol. The van der Waals surface area contributed by atoms with Crippen LogP contribution in [0.3, 0.4) is 0 Å². The molecule has 5 nitrogen and oxygen atoms in total. The number of esters is 2. The van der Waals surface area contributed by atoms with Gasteiger partial charge in [-0.15, -0.1) is 0 Å². The third-order valence-corrected chi connectivity index (χ3v) is 3.64. The Hall–Kier alpha value is -2.30. The van der Waals surface area contributed by atoms with Crippen molar-refractivity contribution in [2.24, 2.45) is 5.41 Å². The number of benzene rings is 1. The molecule has 0 unspecified atom stereocenters. The number of ether oxygens (including phenoxy) is 3. The molecule has 0 amide bonds. The average Bonchev–Trinajstić information content (AvgIpc) is 2.56. The Balaban J connectivity index is 3.21. The lowest BCUT2D eigenvalue weighted by molar-refractivity contribution is -0.150. The zero-order chi connectivity index (χ0) is 18.2. The molecule has 1 rings (SSSR count). The van der Waals surface area contributed by atoms with Gasteiger partial charge in [0.15, 0.2) is 0 Å². The summed E-state index contributed by atoms with van der Waals surface area (Å²) in [4.78, 5) is 24.1. The lowest BCUT2D eigenvalue weighted by atomic mass is 9.79. The van der Waals surface area contributed by atoms with Gasteiger partial charge >= 0.3 is 11.9 Å². The van der Waals surface area contributed by atoms with Gasteiger partial charge in [0, 0.05) is 0 Å². The molecule has 0 saturated heterocycles. The first-order valence-electron chi connectivity index (χ1n) is 8.04. The fourth-order valence-corrected chi connectivity index (χ4v) is 2.33. The first kappa shape index (κ1) is 19.7. The monoisotopic (exact) mass is 334 g/mol. The highest BCUT2D eigenvalue weighted by Crippen LogP contribution is 2.37. The van der Waals surface area contributed by atoms with Crippen molar-refractivity contribution in [3.05, 3.63) is 35.9 Å². The van der Waals surface area contributed by atoms with E-state index in [0.717, 1.165) is 16.9 Å². The van der Waals surface area contributed by atoms with Crippen molar-refractivity contribution in [3.8, 4) is 5.75 Å². The van der Waals surface area contributed by atoms with Gasteiger partial charge in [0.1, 0.15) is 5.75 Å². The summed E-state index contributed by atoms with van der Waals surface area (Å²) in [5.74, 6) is 0.0523. The van der Waals surface area contributed by atoms with Crippen molar-refractivity contribution in [1.82, 2.24) is 0 Å². The van der Waals surface area contributed by atoms with Gasteiger partial charge < -0.3 is 14.2 Å². The van der Waals surface area contributed by atoms with Crippen LogP contribution in [0.4, 0.5) is 0 Å². The normalized spacial score (nSPS) is 11.8. The highest BCUT2D eigenvalue weighted by Gasteiger charge is 2.34. The molecule has 0 N–H and O–H groups in total. The van der Waals surface area contributed by atoms with E-state index in [1.165, 1.54) is 0 Å². The van der Waals surface area contributed by atoms with E-state index in [1.807, 2.05) is 24.3 Å². The van der Waals surface area contributed by atoms with Crippen LogP contribution in [0.1, 0.15) is 39.7 Å². The Morgan fingerprint density at radius 1 is 1.04 bits per heavy atom. The zero-order valence-electron chi connectivity index (χ0n) is 15.0. The van der Waals surface area contributed by atoms with Crippen molar-refractivity contribution < 1.29 is 23.8 Å². The topological polar surface area (TPSA) is 61.8 Å². The Morgan fingerprint density at radius 2 is 1.62 bits per heavy atom. The maximum absolute atomic E-state index is 12.4. The van der Waals surface area contributed by atoms with Crippen molar-refractivity contribution >= 4 is 17.5 Å². The molecule has 0 aliphatic carbocycles. The predicted molar refractivity (Wildman–Crippen MR) is 92.6 cm³/mol. The van der Waals surface area contributed by atoms with Crippen LogP contribution in [-0.2, 0) is 19.1 Å². The van der Waals surface area contributed by atoms with Gasteiger partial charge in [-0.2, -0.15) is 0 Å². The van der Waals surface area contributed by atoms with Crippen LogP contribution in [0.5, 0.6) is 5.75 Å². The third-order valence-electron chi connectivity index (χ3n) is 3.64. The predicted octanol–water partition coefficient (Wildman–Crippen LogP) is 3.62. The van der Waals surface area contributed by atoms with Crippen LogP contribution in [-0.4, -0.2) is 32.3 Å². The van der Waals surface area contributed by atoms with E-state index in [-0.39, 0.29) is 18.4 Å². The second kappa shape index (κ2) is 9.11. The number of carbonyl (C=O) groups excluding carboxylic acids is 2. The smallest absolute Gasteiger partial charge is 0.315 e. The molecule has 0 saturated carbocycles. The quantitative estimate of drug-likeness (QED) is 0.680. The molecule has 5 heteroatoms. The summed E-state index contributed by atoms with van der Waals surface area (Å²) >= 11 is 0.